The number of nitrogens with zero attached hydrogens (tertiary/aromatic N) is 3. The molecule has 8 heteroatoms. The largest absolute Gasteiger partial charge is 0.481 e. The van der Waals surface area contributed by atoms with Gasteiger partial charge in [-0.2, -0.15) is 5.10 Å². The fourth-order valence-electron chi connectivity index (χ4n) is 3.86. The van der Waals surface area contributed by atoms with Crippen LogP contribution in [0, 0.1) is 5.92 Å². The Bertz CT molecular complexity index is 910. The van der Waals surface area contributed by atoms with E-state index in [1.807, 2.05) is 6.07 Å². The van der Waals surface area contributed by atoms with Crippen LogP contribution < -0.4 is 5.32 Å². The van der Waals surface area contributed by atoms with Gasteiger partial charge in [-0.1, -0.05) is 30.3 Å². The molecule has 1 fully saturated rings. The minimum atomic E-state index is -1.25. The zero-order valence-corrected chi connectivity index (χ0v) is 16.8. The van der Waals surface area contributed by atoms with Crippen LogP contribution in [0.5, 0.6) is 0 Å². The molecule has 2 heterocycles. The number of aryl methyl sites for hydroxylation is 1. The molecule has 0 radical (unpaired) electrons. The average Bonchev–Trinajstić information content (AvgIpc) is 3.14. The van der Waals surface area contributed by atoms with Gasteiger partial charge in [0.15, 0.2) is 0 Å². The third-order valence-corrected chi connectivity index (χ3v) is 5.76. The number of likely N-dealkylation sites (tertiary alicyclic amines) is 1. The number of nitrogens with one attached hydrogen (secondary N) is 1. The molecule has 29 heavy (non-hydrogen) atoms. The Morgan fingerprint density at radius 1 is 1.28 bits per heavy atom. The quantitative estimate of drug-likeness (QED) is 0.767. The highest BCUT2D eigenvalue weighted by Gasteiger charge is 2.41. The van der Waals surface area contributed by atoms with Gasteiger partial charge < -0.3 is 15.3 Å². The summed E-state index contributed by atoms with van der Waals surface area (Å²) in [5, 5.41) is 16.8. The van der Waals surface area contributed by atoms with Crippen molar-refractivity contribution < 1.29 is 19.5 Å². The van der Waals surface area contributed by atoms with Crippen LogP contribution in [0.15, 0.2) is 42.7 Å². The number of benzene rings is 1. The highest BCUT2D eigenvalue weighted by molar-refractivity contribution is 5.86. The summed E-state index contributed by atoms with van der Waals surface area (Å²) in [4.78, 5) is 38.9. The lowest BCUT2D eigenvalue weighted by molar-refractivity contribution is -0.143. The second-order valence-corrected chi connectivity index (χ2v) is 7.76. The number of carbonyl (C=O) groups excluding carboxylic acids is 2. The van der Waals surface area contributed by atoms with Gasteiger partial charge >= 0.3 is 5.97 Å². The minimum absolute atomic E-state index is 0.0254. The van der Waals surface area contributed by atoms with Crippen LogP contribution in [0.2, 0.25) is 0 Å². The zero-order valence-electron chi connectivity index (χ0n) is 16.8. The maximum atomic E-state index is 13.1. The Morgan fingerprint density at radius 2 is 1.97 bits per heavy atom. The lowest BCUT2D eigenvalue weighted by Gasteiger charge is -2.38. The number of hydrogen-bond donors (Lipinski definition) is 2. The van der Waals surface area contributed by atoms with Gasteiger partial charge in [0.1, 0.15) is 5.41 Å². The van der Waals surface area contributed by atoms with Crippen LogP contribution in [-0.4, -0.2) is 51.2 Å². The van der Waals surface area contributed by atoms with Crippen molar-refractivity contribution in [3.63, 3.8) is 0 Å². The lowest BCUT2D eigenvalue weighted by atomic mass is 9.81. The van der Waals surface area contributed by atoms with Crippen molar-refractivity contribution in [1.29, 1.82) is 0 Å². The second kappa shape index (κ2) is 8.06. The molecular weight excluding hydrogens is 372 g/mol. The summed E-state index contributed by atoms with van der Waals surface area (Å²) in [6, 6.07) is 8.42. The third kappa shape index (κ3) is 4.01. The second-order valence-electron chi connectivity index (χ2n) is 7.76. The molecule has 3 unspecified atom stereocenters. The number of piperidine rings is 1. The number of carboxylic acid groups (broad SMARTS) is 1. The van der Waals surface area contributed by atoms with Crippen LogP contribution >= 0.6 is 0 Å². The summed E-state index contributed by atoms with van der Waals surface area (Å²) in [6.45, 7) is 1.55. The van der Waals surface area contributed by atoms with Crippen molar-refractivity contribution in [2.75, 3.05) is 13.6 Å². The fraction of sp³-hybridized carbons (Fsp3) is 0.429. The first-order valence-electron chi connectivity index (χ1n) is 9.55. The number of aliphatic carboxylic acids is 1. The number of aromatic nitrogens is 2. The maximum Gasteiger partial charge on any atom is 0.315 e. The summed E-state index contributed by atoms with van der Waals surface area (Å²) < 4.78 is 1.63. The molecule has 154 valence electrons. The molecule has 0 spiro atoms. The van der Waals surface area contributed by atoms with Gasteiger partial charge in [0.25, 0.3) is 0 Å². The van der Waals surface area contributed by atoms with Gasteiger partial charge in [-0.15, -0.1) is 0 Å². The molecule has 1 aliphatic heterocycles. The molecule has 0 bridgehead atoms. The molecular formula is C21H26N4O4. The maximum absolute atomic E-state index is 13.1. The SMILES string of the molecule is CN1C(=O)CCC(C(=O)NCC(C)(C(=O)O)c2ccccc2)C1c1cnn(C)c1. The summed E-state index contributed by atoms with van der Waals surface area (Å²) in [6.07, 6.45) is 4.14. The van der Waals surface area contributed by atoms with E-state index in [0.29, 0.717) is 12.0 Å². The predicted octanol–water partition coefficient (Wildman–Crippen LogP) is 1.49. The first kappa shape index (κ1) is 20.6. The minimum Gasteiger partial charge on any atom is -0.481 e. The Morgan fingerprint density at radius 3 is 2.55 bits per heavy atom. The molecule has 3 rings (SSSR count). The summed E-state index contributed by atoms with van der Waals surface area (Å²) in [5.74, 6) is -1.77. The molecule has 3 atom stereocenters. The number of hydrogen-bond acceptors (Lipinski definition) is 4. The fourth-order valence-corrected chi connectivity index (χ4v) is 3.86. The van der Waals surface area contributed by atoms with Gasteiger partial charge in [0, 0.05) is 38.8 Å². The summed E-state index contributed by atoms with van der Waals surface area (Å²) >= 11 is 0. The lowest BCUT2D eigenvalue weighted by Crippen LogP contribution is -2.50. The third-order valence-electron chi connectivity index (χ3n) is 5.76. The van der Waals surface area contributed by atoms with Gasteiger partial charge in [-0.3, -0.25) is 19.1 Å². The molecule has 0 aliphatic carbocycles. The van der Waals surface area contributed by atoms with Crippen LogP contribution in [0.4, 0.5) is 0 Å². The van der Waals surface area contributed by atoms with E-state index in [0.717, 1.165) is 5.56 Å². The molecule has 2 amide bonds. The number of carbonyl (C=O) groups is 3. The highest BCUT2D eigenvalue weighted by atomic mass is 16.4. The van der Waals surface area contributed by atoms with Gasteiger partial charge in [0.05, 0.1) is 18.2 Å². The van der Waals surface area contributed by atoms with E-state index in [-0.39, 0.29) is 24.8 Å². The van der Waals surface area contributed by atoms with Crippen molar-refractivity contribution in [2.45, 2.75) is 31.2 Å². The topological polar surface area (TPSA) is 105 Å². The molecule has 1 aliphatic rings. The Labute approximate surface area is 169 Å². The number of amides is 2. The molecule has 2 aromatic rings. The molecule has 1 saturated heterocycles. The van der Waals surface area contributed by atoms with E-state index < -0.39 is 23.3 Å². The van der Waals surface area contributed by atoms with E-state index in [9.17, 15) is 19.5 Å². The van der Waals surface area contributed by atoms with E-state index >= 15 is 0 Å². The normalized spacial score (nSPS) is 21.5. The smallest absolute Gasteiger partial charge is 0.315 e. The molecule has 8 nitrogen and oxygen atoms in total. The van der Waals surface area contributed by atoms with E-state index in [1.165, 1.54) is 0 Å². The first-order chi connectivity index (χ1) is 13.7. The molecule has 0 saturated carbocycles. The van der Waals surface area contributed by atoms with Crippen molar-refractivity contribution >= 4 is 17.8 Å². The highest BCUT2D eigenvalue weighted by Crippen LogP contribution is 2.36. The Hall–Kier alpha value is -3.16. The van der Waals surface area contributed by atoms with Crippen molar-refractivity contribution in [2.24, 2.45) is 13.0 Å². The number of carboxylic acids is 1. The van der Waals surface area contributed by atoms with Crippen molar-refractivity contribution in [3.8, 4) is 0 Å². The van der Waals surface area contributed by atoms with Crippen LogP contribution in [0.1, 0.15) is 36.9 Å². The first-order valence-corrected chi connectivity index (χ1v) is 9.55. The molecule has 2 N–H and O–H groups in total. The van der Waals surface area contributed by atoms with Crippen molar-refractivity contribution in [1.82, 2.24) is 20.0 Å². The monoisotopic (exact) mass is 398 g/mol. The average molecular weight is 398 g/mol. The Balaban J connectivity index is 1.81. The van der Waals surface area contributed by atoms with E-state index in [4.69, 9.17) is 0 Å². The zero-order chi connectivity index (χ0) is 21.2. The van der Waals surface area contributed by atoms with Crippen LogP contribution in [0.3, 0.4) is 0 Å². The standard InChI is InChI=1S/C21H26N4O4/c1-21(20(28)29,15-7-5-4-6-8-15)13-22-19(27)16-9-10-17(26)25(3)18(16)14-11-23-24(2)12-14/h4-8,11-12,16,18H,9-10,13H2,1-3H3,(H,22,27)(H,28,29). The van der Waals surface area contributed by atoms with Crippen LogP contribution in [-0.2, 0) is 26.8 Å². The molecule has 1 aromatic heterocycles. The summed E-state index contributed by atoms with van der Waals surface area (Å²) in [5.41, 5.74) is 0.150. The number of rotatable bonds is 6. The van der Waals surface area contributed by atoms with Crippen molar-refractivity contribution in [3.05, 3.63) is 53.9 Å². The van der Waals surface area contributed by atoms with Crippen LogP contribution in [0.25, 0.3) is 0 Å². The molecule has 1 aromatic carbocycles. The van der Waals surface area contributed by atoms with Gasteiger partial charge in [0.2, 0.25) is 11.8 Å². The van der Waals surface area contributed by atoms with E-state index in [1.54, 1.807) is 67.3 Å². The van der Waals surface area contributed by atoms with Gasteiger partial charge in [-0.05, 0) is 18.9 Å². The van der Waals surface area contributed by atoms with Gasteiger partial charge in [-0.25, -0.2) is 0 Å². The summed E-state index contributed by atoms with van der Waals surface area (Å²) in [7, 11) is 3.46. The Kier molecular flexibility index (Phi) is 5.72. The van der Waals surface area contributed by atoms with E-state index in [2.05, 4.69) is 10.4 Å². The predicted molar refractivity (Wildman–Crippen MR) is 106 cm³/mol.